The first kappa shape index (κ1) is 19.8. The Kier molecular flexibility index (Phi) is 9.66. The number of hydrogen-bond acceptors (Lipinski definition) is 1. The zero-order valence-electron chi connectivity index (χ0n) is 15.1. The first-order valence-electron chi connectivity index (χ1n) is 10.5. The second-order valence-electron chi connectivity index (χ2n) is 8.04. The van der Waals surface area contributed by atoms with Crippen LogP contribution < -0.4 is 0 Å². The van der Waals surface area contributed by atoms with Crippen molar-refractivity contribution in [3.05, 3.63) is 0 Å². The maximum atomic E-state index is 13.6. The minimum atomic E-state index is -2.53. The molecule has 0 unspecified atom stereocenters. The van der Waals surface area contributed by atoms with Gasteiger partial charge in [0.2, 0.25) is 0 Å². The molecular weight excluding hydrogens is 323 g/mol. The monoisotopic (exact) mass is 360 g/mol. The van der Waals surface area contributed by atoms with E-state index in [4.69, 9.17) is 11.2 Å². The zero-order valence-corrected chi connectivity index (χ0v) is 16.8. The van der Waals surface area contributed by atoms with Gasteiger partial charge in [0.15, 0.2) is 6.49 Å². The summed E-state index contributed by atoms with van der Waals surface area (Å²) in [5.41, 5.74) is 0.630. The Hall–Kier alpha value is 0.520. The van der Waals surface area contributed by atoms with E-state index in [-0.39, 0.29) is 0 Å². The molecule has 1 nitrogen and oxygen atoms in total. The Morgan fingerprint density at radius 3 is 0.957 bits per heavy atom. The van der Waals surface area contributed by atoms with E-state index in [1.807, 2.05) is 0 Å². The molecule has 0 aromatic rings. The Balaban J connectivity index is 1.97. The summed E-state index contributed by atoms with van der Waals surface area (Å²) in [6, 6.07) is 0. The summed E-state index contributed by atoms with van der Waals surface area (Å²) in [5, 5.41) is 0. The predicted octanol–water partition coefficient (Wildman–Crippen LogP) is 8.29. The van der Waals surface area contributed by atoms with Gasteiger partial charge in [-0.05, 0) is 25.7 Å². The molecule has 0 bridgehead atoms. The number of hydrogen-bond donors (Lipinski definition) is 0. The van der Waals surface area contributed by atoms with Gasteiger partial charge in [-0.15, -0.1) is 0 Å². The van der Waals surface area contributed by atoms with Gasteiger partial charge in [0.1, 0.15) is 0 Å². The van der Waals surface area contributed by atoms with Crippen molar-refractivity contribution in [2.75, 3.05) is 0 Å². The number of halogens is 1. The molecule has 23 heavy (non-hydrogen) atoms. The molecule has 3 heteroatoms. The van der Waals surface area contributed by atoms with Crippen molar-refractivity contribution in [1.82, 2.24) is 0 Å². The lowest BCUT2D eigenvalue weighted by atomic mass is 10.0. The third kappa shape index (κ3) is 7.11. The molecule has 2 rings (SSSR count). The van der Waals surface area contributed by atoms with Crippen molar-refractivity contribution in [2.24, 2.45) is 0 Å². The average molecular weight is 361 g/mol. The van der Waals surface area contributed by atoms with Crippen LogP contribution in [-0.4, -0.2) is 11.3 Å². The lowest BCUT2D eigenvalue weighted by molar-refractivity contribution is 0.469. The Bertz CT molecular complexity index is 308. The topological polar surface area (TPSA) is 17.1 Å². The first-order chi connectivity index (χ1) is 11.2. The molecule has 136 valence electrons. The average Bonchev–Trinajstić information content (AvgIpc) is 2.57. The van der Waals surface area contributed by atoms with Crippen LogP contribution in [0.3, 0.4) is 0 Å². The summed E-state index contributed by atoms with van der Waals surface area (Å²) in [5.74, 6) is 0. The first-order valence-corrected chi connectivity index (χ1v) is 13.3. The largest absolute Gasteiger partial charge is 0.306 e. The van der Waals surface area contributed by atoms with Gasteiger partial charge in [-0.1, -0.05) is 101 Å². The summed E-state index contributed by atoms with van der Waals surface area (Å²) in [7, 11) is 0. The molecule has 2 aliphatic carbocycles. The molecule has 0 atom stereocenters. The molecule has 0 aliphatic heterocycles. The second kappa shape index (κ2) is 11.2. The van der Waals surface area contributed by atoms with Crippen molar-refractivity contribution in [3.63, 3.8) is 0 Å². The summed E-state index contributed by atoms with van der Waals surface area (Å²) in [6.07, 6.45) is 23.0. The third-order valence-corrected chi connectivity index (χ3v) is 10.8. The molecule has 2 saturated carbocycles. The zero-order chi connectivity index (χ0) is 16.4. The fourth-order valence-corrected chi connectivity index (χ4v) is 8.48. The highest BCUT2D eigenvalue weighted by atomic mass is 35.7. The lowest BCUT2D eigenvalue weighted by Crippen LogP contribution is -2.17. The molecule has 0 amide bonds. The number of rotatable bonds is 2. The van der Waals surface area contributed by atoms with Crippen LogP contribution in [0, 0.1) is 0 Å². The standard InChI is InChI=1S/C20H38ClOP/c21-23(22,19-15-11-7-3-1-4-8-12-16-19)20-17-13-9-5-2-6-10-14-18-20/h19-20H,1-18H2. The highest BCUT2D eigenvalue weighted by molar-refractivity contribution is 7.90. The lowest BCUT2D eigenvalue weighted by Gasteiger charge is -2.31. The van der Waals surface area contributed by atoms with Crippen LogP contribution in [0.2, 0.25) is 0 Å². The highest BCUT2D eigenvalue weighted by Gasteiger charge is 2.37. The Morgan fingerprint density at radius 1 is 0.478 bits per heavy atom. The van der Waals surface area contributed by atoms with Gasteiger partial charge in [0.05, 0.1) is 0 Å². The summed E-state index contributed by atoms with van der Waals surface area (Å²) in [6.45, 7) is -2.53. The van der Waals surface area contributed by atoms with Crippen molar-refractivity contribution in [3.8, 4) is 0 Å². The Morgan fingerprint density at radius 2 is 0.696 bits per heavy atom. The fraction of sp³-hybridized carbons (Fsp3) is 1.00. The summed E-state index contributed by atoms with van der Waals surface area (Å²) >= 11 is 6.89. The van der Waals surface area contributed by atoms with Crippen molar-refractivity contribution in [1.29, 1.82) is 0 Å². The van der Waals surface area contributed by atoms with Gasteiger partial charge in [0, 0.05) is 11.3 Å². The molecule has 0 saturated heterocycles. The van der Waals surface area contributed by atoms with Gasteiger partial charge >= 0.3 is 0 Å². The van der Waals surface area contributed by atoms with E-state index in [1.165, 1.54) is 89.9 Å². The maximum Gasteiger partial charge on any atom is 0.175 e. The van der Waals surface area contributed by atoms with Crippen molar-refractivity contribution in [2.45, 2.75) is 127 Å². The molecule has 2 fully saturated rings. The normalized spacial score (nSPS) is 25.8. The van der Waals surface area contributed by atoms with Crippen LogP contribution in [0.4, 0.5) is 0 Å². The van der Waals surface area contributed by atoms with E-state index in [9.17, 15) is 4.57 Å². The molecule has 0 aromatic carbocycles. The van der Waals surface area contributed by atoms with Crippen LogP contribution >= 0.6 is 17.7 Å². The van der Waals surface area contributed by atoms with Crippen LogP contribution in [-0.2, 0) is 4.57 Å². The molecule has 2 aliphatic rings. The van der Waals surface area contributed by atoms with E-state index in [2.05, 4.69) is 0 Å². The second-order valence-corrected chi connectivity index (χ2v) is 12.3. The molecule has 0 spiro atoms. The van der Waals surface area contributed by atoms with Crippen LogP contribution in [0.15, 0.2) is 0 Å². The van der Waals surface area contributed by atoms with Gasteiger partial charge in [-0.2, -0.15) is 0 Å². The van der Waals surface area contributed by atoms with E-state index in [0.29, 0.717) is 11.3 Å². The quantitative estimate of drug-likeness (QED) is 0.452. The van der Waals surface area contributed by atoms with E-state index >= 15 is 0 Å². The van der Waals surface area contributed by atoms with E-state index in [1.54, 1.807) is 0 Å². The van der Waals surface area contributed by atoms with Crippen molar-refractivity contribution >= 4 is 17.7 Å². The highest BCUT2D eigenvalue weighted by Crippen LogP contribution is 2.65. The third-order valence-electron chi connectivity index (χ3n) is 6.15. The van der Waals surface area contributed by atoms with Crippen LogP contribution in [0.25, 0.3) is 0 Å². The SMILES string of the molecule is O=P(Cl)(C1CCCCCCCCC1)C1CCCCCCCCC1. The van der Waals surface area contributed by atoms with Gasteiger partial charge < -0.3 is 4.57 Å². The minimum absolute atomic E-state index is 0.315. The van der Waals surface area contributed by atoms with Gasteiger partial charge in [0.25, 0.3) is 0 Å². The molecule has 0 radical (unpaired) electrons. The van der Waals surface area contributed by atoms with Crippen LogP contribution in [0.1, 0.15) is 116 Å². The molecule has 0 N–H and O–H groups in total. The van der Waals surface area contributed by atoms with Gasteiger partial charge in [-0.25, -0.2) is 0 Å². The summed E-state index contributed by atoms with van der Waals surface area (Å²) in [4.78, 5) is 0. The predicted molar refractivity (Wildman–Crippen MR) is 104 cm³/mol. The maximum absolute atomic E-state index is 13.6. The van der Waals surface area contributed by atoms with Crippen LogP contribution in [0.5, 0.6) is 0 Å². The smallest absolute Gasteiger partial charge is 0.175 e. The Labute approximate surface area is 149 Å². The minimum Gasteiger partial charge on any atom is -0.306 e. The molecule has 0 aromatic heterocycles. The van der Waals surface area contributed by atoms with E-state index < -0.39 is 6.49 Å². The fourth-order valence-electron chi connectivity index (χ4n) is 4.58. The van der Waals surface area contributed by atoms with Gasteiger partial charge in [-0.3, -0.25) is 0 Å². The van der Waals surface area contributed by atoms with Crippen molar-refractivity contribution < 1.29 is 4.57 Å². The van der Waals surface area contributed by atoms with E-state index in [0.717, 1.165) is 25.7 Å². The summed E-state index contributed by atoms with van der Waals surface area (Å²) < 4.78 is 13.6. The molecular formula is C20H38ClOP. The molecule has 0 heterocycles.